The van der Waals surface area contributed by atoms with E-state index in [1.54, 1.807) is 0 Å². The number of carbonyl (C=O) groups is 1. The number of amides is 1. The lowest BCUT2D eigenvalue weighted by molar-refractivity contribution is -0.123. The van der Waals surface area contributed by atoms with Gasteiger partial charge >= 0.3 is 0 Å². The van der Waals surface area contributed by atoms with Gasteiger partial charge in [0.15, 0.2) is 0 Å². The highest BCUT2D eigenvalue weighted by Gasteiger charge is 2.21. The molecule has 1 aromatic carbocycles. The van der Waals surface area contributed by atoms with Gasteiger partial charge in [-0.3, -0.25) is 14.6 Å². The fraction of sp³-hybridized carbons (Fsp3) is 0.667. The van der Waals surface area contributed by atoms with Gasteiger partial charge in [0, 0.05) is 38.8 Å². The van der Waals surface area contributed by atoms with Crippen molar-refractivity contribution in [2.24, 2.45) is 0 Å². The average molecular weight is 362 g/mol. The quantitative estimate of drug-likeness (QED) is 0.791. The summed E-state index contributed by atoms with van der Waals surface area (Å²) in [6.45, 7) is 4.71. The Morgan fingerprint density at radius 2 is 1.65 bits per heavy atom. The van der Waals surface area contributed by atoms with E-state index in [9.17, 15) is 9.18 Å². The minimum absolute atomic E-state index is 0.181. The number of hydrogen-bond acceptors (Lipinski definition) is 3. The molecular weight excluding hydrogens is 329 g/mol. The molecule has 1 N–H and O–H groups in total. The monoisotopic (exact) mass is 361 g/mol. The fourth-order valence-corrected chi connectivity index (χ4v) is 4.07. The van der Waals surface area contributed by atoms with Crippen LogP contribution in [0.1, 0.15) is 49.7 Å². The Morgan fingerprint density at radius 3 is 2.35 bits per heavy atom. The molecule has 1 amide bonds. The maximum Gasteiger partial charge on any atom is 0.234 e. The van der Waals surface area contributed by atoms with Crippen molar-refractivity contribution in [3.05, 3.63) is 35.4 Å². The first-order valence-electron chi connectivity index (χ1n) is 10.1. The van der Waals surface area contributed by atoms with Crippen LogP contribution in [0.2, 0.25) is 0 Å². The highest BCUT2D eigenvalue weighted by Crippen LogP contribution is 2.17. The molecule has 2 aliphatic rings. The molecule has 0 atom stereocenters. The molecule has 1 heterocycles. The predicted octanol–water partition coefficient (Wildman–Crippen LogP) is 3.11. The molecule has 3 rings (SSSR count). The molecular formula is C21H32FN3O. The first kappa shape index (κ1) is 19.3. The van der Waals surface area contributed by atoms with Crippen molar-refractivity contribution in [1.82, 2.24) is 15.1 Å². The van der Waals surface area contributed by atoms with Gasteiger partial charge in [-0.15, -0.1) is 0 Å². The first-order chi connectivity index (χ1) is 12.7. The lowest BCUT2D eigenvalue weighted by Gasteiger charge is -2.34. The van der Waals surface area contributed by atoms with E-state index >= 15 is 0 Å². The Hall–Kier alpha value is -1.46. The van der Waals surface area contributed by atoms with Crippen molar-refractivity contribution in [2.75, 3.05) is 32.7 Å². The standard InChI is InChI=1S/C21H32FN3O/c22-15-18-6-5-7-19(14-18)16-24-10-12-25(13-11-24)17-21(26)23-20-8-3-1-2-4-9-20/h5-7,14,20H,1-4,8-13,15-17H2,(H,23,26). The van der Waals surface area contributed by atoms with E-state index in [1.807, 2.05) is 18.2 Å². The van der Waals surface area contributed by atoms with Gasteiger partial charge in [-0.2, -0.15) is 0 Å². The summed E-state index contributed by atoms with van der Waals surface area (Å²) < 4.78 is 12.8. The van der Waals surface area contributed by atoms with Crippen LogP contribution in [0.25, 0.3) is 0 Å². The van der Waals surface area contributed by atoms with E-state index in [2.05, 4.69) is 21.2 Å². The van der Waals surface area contributed by atoms with Crippen LogP contribution in [0.5, 0.6) is 0 Å². The summed E-state index contributed by atoms with van der Waals surface area (Å²) in [6.07, 6.45) is 7.38. The van der Waals surface area contributed by atoms with Crippen LogP contribution in [0, 0.1) is 0 Å². The maximum atomic E-state index is 12.8. The number of rotatable bonds is 6. The SMILES string of the molecule is O=C(CN1CCN(Cc2cccc(CF)c2)CC1)NC1CCCCCC1. The van der Waals surface area contributed by atoms with E-state index in [-0.39, 0.29) is 5.91 Å². The second kappa shape index (κ2) is 10.0. The van der Waals surface area contributed by atoms with Gasteiger partial charge in [0.1, 0.15) is 6.67 Å². The summed E-state index contributed by atoms with van der Waals surface area (Å²) in [4.78, 5) is 17.0. The number of halogens is 1. The zero-order valence-corrected chi connectivity index (χ0v) is 15.8. The molecule has 0 unspecified atom stereocenters. The summed E-state index contributed by atoms with van der Waals surface area (Å²) in [5.74, 6) is 0.181. The van der Waals surface area contributed by atoms with E-state index in [0.29, 0.717) is 12.6 Å². The second-order valence-corrected chi connectivity index (χ2v) is 7.76. The Kier molecular flexibility index (Phi) is 7.44. The molecule has 5 heteroatoms. The van der Waals surface area contributed by atoms with Gasteiger partial charge in [0.25, 0.3) is 0 Å². The molecule has 26 heavy (non-hydrogen) atoms. The van der Waals surface area contributed by atoms with Crippen molar-refractivity contribution in [3.8, 4) is 0 Å². The van der Waals surface area contributed by atoms with Gasteiger partial charge in [0.05, 0.1) is 6.54 Å². The number of hydrogen-bond donors (Lipinski definition) is 1. The number of carbonyl (C=O) groups excluding carboxylic acids is 1. The van der Waals surface area contributed by atoms with E-state index < -0.39 is 6.67 Å². The lowest BCUT2D eigenvalue weighted by atomic mass is 10.1. The molecule has 1 aliphatic carbocycles. The topological polar surface area (TPSA) is 35.6 Å². The maximum absolute atomic E-state index is 12.8. The number of nitrogens with zero attached hydrogens (tertiary/aromatic N) is 2. The summed E-state index contributed by atoms with van der Waals surface area (Å²) in [7, 11) is 0. The summed E-state index contributed by atoms with van der Waals surface area (Å²) in [6, 6.07) is 8.15. The molecule has 144 valence electrons. The minimum Gasteiger partial charge on any atom is -0.352 e. The van der Waals surface area contributed by atoms with Crippen LogP contribution in [-0.2, 0) is 18.0 Å². The molecule has 2 fully saturated rings. The third-order valence-corrected chi connectivity index (χ3v) is 5.60. The van der Waals surface area contributed by atoms with Gasteiger partial charge in [-0.25, -0.2) is 4.39 Å². The van der Waals surface area contributed by atoms with Crippen LogP contribution in [0.15, 0.2) is 24.3 Å². The van der Waals surface area contributed by atoms with Crippen molar-refractivity contribution in [1.29, 1.82) is 0 Å². The molecule has 1 saturated heterocycles. The number of piperazine rings is 1. The Labute approximate surface area is 156 Å². The Morgan fingerprint density at radius 1 is 1.00 bits per heavy atom. The third-order valence-electron chi connectivity index (χ3n) is 5.60. The molecule has 0 aromatic heterocycles. The van der Waals surface area contributed by atoms with Gasteiger partial charge in [-0.05, 0) is 24.0 Å². The molecule has 0 bridgehead atoms. The highest BCUT2D eigenvalue weighted by atomic mass is 19.1. The van der Waals surface area contributed by atoms with Gasteiger partial charge < -0.3 is 5.32 Å². The molecule has 0 radical (unpaired) electrons. The molecule has 1 aromatic rings. The van der Waals surface area contributed by atoms with Gasteiger partial charge in [0.2, 0.25) is 5.91 Å². The van der Waals surface area contributed by atoms with Crippen molar-refractivity contribution >= 4 is 5.91 Å². The number of alkyl halides is 1. The number of nitrogens with one attached hydrogen (secondary N) is 1. The van der Waals surface area contributed by atoms with Crippen molar-refractivity contribution in [3.63, 3.8) is 0 Å². The molecule has 0 spiro atoms. The fourth-order valence-electron chi connectivity index (χ4n) is 4.07. The lowest BCUT2D eigenvalue weighted by Crippen LogP contribution is -2.50. The molecule has 1 aliphatic heterocycles. The minimum atomic E-state index is -0.405. The number of benzene rings is 1. The van der Waals surface area contributed by atoms with Crippen LogP contribution >= 0.6 is 0 Å². The van der Waals surface area contributed by atoms with Crippen molar-refractivity contribution < 1.29 is 9.18 Å². The smallest absolute Gasteiger partial charge is 0.234 e. The zero-order valence-electron chi connectivity index (χ0n) is 15.8. The Balaban J connectivity index is 1.38. The van der Waals surface area contributed by atoms with Crippen LogP contribution in [0.4, 0.5) is 4.39 Å². The summed E-state index contributed by atoms with van der Waals surface area (Å²) >= 11 is 0. The van der Waals surface area contributed by atoms with Crippen LogP contribution < -0.4 is 5.32 Å². The van der Waals surface area contributed by atoms with Crippen LogP contribution in [-0.4, -0.2) is 54.5 Å². The first-order valence-corrected chi connectivity index (χ1v) is 10.1. The summed E-state index contributed by atoms with van der Waals surface area (Å²) in [5, 5.41) is 3.24. The van der Waals surface area contributed by atoms with E-state index in [4.69, 9.17) is 0 Å². The predicted molar refractivity (Wildman–Crippen MR) is 103 cm³/mol. The average Bonchev–Trinajstić information content (AvgIpc) is 2.92. The van der Waals surface area contributed by atoms with Gasteiger partial charge in [-0.1, -0.05) is 49.9 Å². The highest BCUT2D eigenvalue weighted by molar-refractivity contribution is 5.78. The zero-order chi connectivity index (χ0) is 18.2. The van der Waals surface area contributed by atoms with E-state index in [0.717, 1.165) is 51.1 Å². The van der Waals surface area contributed by atoms with Crippen LogP contribution in [0.3, 0.4) is 0 Å². The van der Waals surface area contributed by atoms with Crippen molar-refractivity contribution in [2.45, 2.75) is 57.8 Å². The normalized spacial score (nSPS) is 20.7. The Bertz CT molecular complexity index is 564. The van der Waals surface area contributed by atoms with E-state index in [1.165, 1.54) is 31.2 Å². The second-order valence-electron chi connectivity index (χ2n) is 7.76. The molecule has 1 saturated carbocycles. The molecule has 4 nitrogen and oxygen atoms in total. The summed E-state index contributed by atoms with van der Waals surface area (Å²) in [5.41, 5.74) is 1.91. The largest absolute Gasteiger partial charge is 0.352 e. The third kappa shape index (κ3) is 6.06.